The Morgan fingerprint density at radius 3 is 1.35 bits per heavy atom. The first-order chi connectivity index (χ1) is 32.2. The van der Waals surface area contributed by atoms with Crippen molar-refractivity contribution in [2.24, 2.45) is 0 Å². The van der Waals surface area contributed by atoms with Gasteiger partial charge in [0, 0.05) is 19.3 Å². The normalized spacial score (nSPS) is 14.1. The van der Waals surface area contributed by atoms with Crippen LogP contribution in [-0.4, -0.2) is 66.5 Å². The van der Waals surface area contributed by atoms with Gasteiger partial charge in [-0.3, -0.25) is 23.4 Å². The van der Waals surface area contributed by atoms with Gasteiger partial charge in [-0.05, 0) is 89.9 Å². The Morgan fingerprint density at radius 1 is 0.439 bits per heavy atom. The lowest BCUT2D eigenvalue weighted by Crippen LogP contribution is -2.30. The number of carbonyl (C=O) groups excluding carboxylic acids is 3. The van der Waals surface area contributed by atoms with E-state index in [1.54, 1.807) is 0 Å². The molecule has 3 unspecified atom stereocenters. The summed E-state index contributed by atoms with van der Waals surface area (Å²) in [4.78, 5) is 48.2. The van der Waals surface area contributed by atoms with Gasteiger partial charge in [0.05, 0.1) is 19.8 Å². The minimum atomic E-state index is -4.76. The first-order valence-corrected chi connectivity index (χ1v) is 27.3. The molecule has 0 aromatic heterocycles. The zero-order valence-corrected chi connectivity index (χ0v) is 42.5. The number of phosphoric ester groups is 1. The number of hydrogen-bond acceptors (Lipinski definition) is 10. The monoisotopic (exact) mass is 949 g/mol. The van der Waals surface area contributed by atoms with Gasteiger partial charge in [-0.1, -0.05) is 177 Å². The van der Waals surface area contributed by atoms with E-state index >= 15 is 0 Å². The predicted molar refractivity (Wildman–Crippen MR) is 270 cm³/mol. The molecule has 2 N–H and O–H groups in total. The Kier molecular flexibility index (Phi) is 46.1. The summed E-state index contributed by atoms with van der Waals surface area (Å²) in [5, 5.41) is 9.75. The fourth-order valence-corrected chi connectivity index (χ4v) is 7.42. The number of phosphoric acid groups is 1. The number of carbonyl (C=O) groups is 3. The quantitative estimate of drug-likeness (QED) is 0.0197. The van der Waals surface area contributed by atoms with E-state index in [-0.39, 0.29) is 25.9 Å². The Bertz CT molecular complexity index is 1390. The summed E-state index contributed by atoms with van der Waals surface area (Å²) in [7, 11) is -4.76. The first-order valence-electron chi connectivity index (χ1n) is 25.8. The van der Waals surface area contributed by atoms with Gasteiger partial charge < -0.3 is 24.2 Å². The highest BCUT2D eigenvalue weighted by Gasteiger charge is 2.28. The summed E-state index contributed by atoms with van der Waals surface area (Å²) in [6, 6.07) is 0. The molecule has 0 saturated heterocycles. The molecule has 0 spiro atoms. The van der Waals surface area contributed by atoms with Crippen LogP contribution in [0.1, 0.15) is 213 Å². The predicted octanol–water partition coefficient (Wildman–Crippen LogP) is 14.6. The lowest BCUT2D eigenvalue weighted by Gasteiger charge is -2.21. The number of rotatable bonds is 47. The van der Waals surface area contributed by atoms with Crippen molar-refractivity contribution in [2.75, 3.05) is 26.4 Å². The number of allylic oxidation sites excluding steroid dienone is 12. The van der Waals surface area contributed by atoms with Gasteiger partial charge in [0.25, 0.3) is 0 Å². The molecule has 0 bridgehead atoms. The van der Waals surface area contributed by atoms with E-state index in [2.05, 4.69) is 75.5 Å². The third kappa shape index (κ3) is 46.0. The van der Waals surface area contributed by atoms with Crippen molar-refractivity contribution < 1.29 is 52.2 Å². The van der Waals surface area contributed by atoms with Crippen molar-refractivity contribution >= 4 is 25.7 Å². The molecule has 0 aromatic rings. The van der Waals surface area contributed by atoms with Crippen LogP contribution in [0.5, 0.6) is 0 Å². The maximum Gasteiger partial charge on any atom is 0.472 e. The van der Waals surface area contributed by atoms with Gasteiger partial charge >= 0.3 is 25.7 Å². The Balaban J connectivity index is 4.82. The number of ether oxygens (including phenoxy) is 3. The average Bonchev–Trinajstić information content (AvgIpc) is 3.30. The Morgan fingerprint density at radius 2 is 0.833 bits per heavy atom. The second-order valence-corrected chi connectivity index (χ2v) is 18.4. The smallest absolute Gasteiger partial charge is 0.462 e. The van der Waals surface area contributed by atoms with E-state index in [1.165, 1.54) is 51.4 Å². The van der Waals surface area contributed by atoms with Crippen LogP contribution in [0.25, 0.3) is 0 Å². The van der Waals surface area contributed by atoms with Crippen LogP contribution in [0, 0.1) is 0 Å². The van der Waals surface area contributed by atoms with Crippen molar-refractivity contribution in [3.63, 3.8) is 0 Å². The van der Waals surface area contributed by atoms with E-state index < -0.39 is 57.8 Å². The molecule has 380 valence electrons. The third-order valence-corrected chi connectivity index (χ3v) is 11.5. The zero-order chi connectivity index (χ0) is 48.4. The highest BCUT2D eigenvalue weighted by Crippen LogP contribution is 2.43. The minimum absolute atomic E-state index is 0.0534. The molecular weight excluding hydrogens is 856 g/mol. The zero-order valence-electron chi connectivity index (χ0n) is 41.6. The van der Waals surface area contributed by atoms with Gasteiger partial charge in [0.1, 0.15) is 12.7 Å². The second kappa shape index (κ2) is 48.4. The highest BCUT2D eigenvalue weighted by atomic mass is 31.2. The van der Waals surface area contributed by atoms with Gasteiger partial charge in [-0.2, -0.15) is 0 Å². The Labute approximate surface area is 401 Å². The molecule has 0 amide bonds. The van der Waals surface area contributed by atoms with Crippen molar-refractivity contribution in [1.82, 2.24) is 0 Å². The molecule has 0 saturated carbocycles. The number of esters is 3. The summed E-state index contributed by atoms with van der Waals surface area (Å²) >= 11 is 0. The number of unbranched alkanes of at least 4 members (excludes halogenated alkanes) is 18. The van der Waals surface area contributed by atoms with Crippen molar-refractivity contribution in [1.29, 1.82) is 0 Å². The summed E-state index contributed by atoms with van der Waals surface area (Å²) in [6.07, 6.45) is 51.8. The van der Waals surface area contributed by atoms with E-state index in [4.69, 9.17) is 23.3 Å². The SMILES string of the molecule is CC/C=C\C/C=C\C/C=C\C/C=C\CCC(=O)OC(CO)COP(=O)(O)OCC(COC(=O)CCCCCCC/C=C\CCCC)OC(=O)CCCCCCC/C=C\CCCCCCCC. The summed E-state index contributed by atoms with van der Waals surface area (Å²) in [5.74, 6) is -1.58. The first kappa shape index (κ1) is 62.9. The lowest BCUT2D eigenvalue weighted by molar-refractivity contribution is -0.161. The van der Waals surface area contributed by atoms with E-state index in [1.807, 2.05) is 18.2 Å². The van der Waals surface area contributed by atoms with Crippen LogP contribution in [-0.2, 0) is 42.2 Å². The van der Waals surface area contributed by atoms with E-state index in [0.717, 1.165) is 103 Å². The molecule has 66 heavy (non-hydrogen) atoms. The van der Waals surface area contributed by atoms with E-state index in [0.29, 0.717) is 19.3 Å². The second-order valence-electron chi connectivity index (χ2n) is 16.9. The fourth-order valence-electron chi connectivity index (χ4n) is 6.64. The lowest BCUT2D eigenvalue weighted by atomic mass is 10.1. The molecule has 0 aliphatic rings. The molecule has 3 atom stereocenters. The van der Waals surface area contributed by atoms with Crippen molar-refractivity contribution in [3.8, 4) is 0 Å². The average molecular weight is 949 g/mol. The Hall–Kier alpha value is -3.08. The molecule has 0 rings (SSSR count). The van der Waals surface area contributed by atoms with Crippen LogP contribution in [0.4, 0.5) is 0 Å². The summed E-state index contributed by atoms with van der Waals surface area (Å²) < 4.78 is 39.2. The van der Waals surface area contributed by atoms with E-state index in [9.17, 15) is 28.9 Å². The number of hydrogen-bond donors (Lipinski definition) is 2. The maximum atomic E-state index is 12.8. The fraction of sp³-hybridized carbons (Fsp3) is 0.722. The standard InChI is InChI=1S/C54H93O11P/c1-4-7-10-13-16-19-22-24-25-27-30-33-36-39-42-45-54(58)65-51(47-61-52(56)43-40-37-34-31-28-21-18-15-12-9-6-3)49-63-66(59,60)62-48-50(46-55)64-53(57)44-41-38-35-32-29-26-23-20-17-14-11-8-5-2/h8,11,15,17-18,20,24-26,29,35,38,50-51,55H,4-7,9-10,12-14,16,19,21-23,27-28,30-34,36-37,39-49H2,1-3H3,(H,59,60)/b11-8-,18-15-,20-17-,25-24-,29-26-,38-35-. The molecule has 0 fully saturated rings. The van der Waals surface area contributed by atoms with Crippen molar-refractivity contribution in [2.45, 2.75) is 226 Å². The van der Waals surface area contributed by atoms with Crippen LogP contribution in [0.15, 0.2) is 72.9 Å². The van der Waals surface area contributed by atoms with Crippen molar-refractivity contribution in [3.05, 3.63) is 72.9 Å². The number of aliphatic hydroxyl groups excluding tert-OH is 1. The molecule has 0 aromatic carbocycles. The molecule has 0 radical (unpaired) electrons. The molecular formula is C54H93O11P. The largest absolute Gasteiger partial charge is 0.472 e. The summed E-state index contributed by atoms with van der Waals surface area (Å²) in [5.41, 5.74) is 0. The molecule has 12 heteroatoms. The molecule has 0 aliphatic carbocycles. The van der Waals surface area contributed by atoms with Crippen LogP contribution >= 0.6 is 7.82 Å². The van der Waals surface area contributed by atoms with Crippen LogP contribution < -0.4 is 0 Å². The summed E-state index contributed by atoms with van der Waals surface area (Å²) in [6.45, 7) is 4.36. The molecule has 0 heterocycles. The molecule has 11 nitrogen and oxygen atoms in total. The van der Waals surface area contributed by atoms with Crippen LogP contribution in [0.3, 0.4) is 0 Å². The van der Waals surface area contributed by atoms with Gasteiger partial charge in [-0.25, -0.2) is 4.57 Å². The highest BCUT2D eigenvalue weighted by molar-refractivity contribution is 7.47. The maximum absolute atomic E-state index is 12.8. The van der Waals surface area contributed by atoms with Gasteiger partial charge in [0.15, 0.2) is 6.10 Å². The number of aliphatic hydroxyl groups is 1. The minimum Gasteiger partial charge on any atom is -0.462 e. The molecule has 0 aliphatic heterocycles. The van der Waals surface area contributed by atoms with Gasteiger partial charge in [0.2, 0.25) is 0 Å². The van der Waals surface area contributed by atoms with Gasteiger partial charge in [-0.15, -0.1) is 0 Å². The third-order valence-electron chi connectivity index (χ3n) is 10.6. The van der Waals surface area contributed by atoms with Crippen LogP contribution in [0.2, 0.25) is 0 Å². The topological polar surface area (TPSA) is 155 Å².